The van der Waals surface area contributed by atoms with Crippen LogP contribution in [0.2, 0.25) is 0 Å². The molecule has 0 amide bonds. The molecular formula is C24H25BN4. The zero-order chi connectivity index (χ0) is 19.6. The van der Waals surface area contributed by atoms with Crippen LogP contribution in [0.25, 0.3) is 0 Å². The van der Waals surface area contributed by atoms with Crippen LogP contribution in [-0.2, 0) is 0 Å². The van der Waals surface area contributed by atoms with Gasteiger partial charge in [-0.1, -0.05) is 72.8 Å². The first-order valence-electron chi connectivity index (χ1n) is 10.3. The Morgan fingerprint density at radius 3 is 2.28 bits per heavy atom. The van der Waals surface area contributed by atoms with Gasteiger partial charge < -0.3 is 5.32 Å². The summed E-state index contributed by atoms with van der Waals surface area (Å²) in [6.45, 7) is 2.00. The van der Waals surface area contributed by atoms with Gasteiger partial charge in [0.15, 0.2) is 0 Å². The largest absolute Gasteiger partial charge is 0.380 e. The zero-order valence-electron chi connectivity index (χ0n) is 16.7. The lowest BCUT2D eigenvalue weighted by atomic mass is 9.93. The van der Waals surface area contributed by atoms with Crippen molar-refractivity contribution in [3.63, 3.8) is 0 Å². The summed E-state index contributed by atoms with van der Waals surface area (Å²) in [5.74, 6) is 0.474. The van der Waals surface area contributed by atoms with E-state index in [-0.39, 0.29) is 0 Å². The maximum atomic E-state index is 5.19. The molecule has 4 nitrogen and oxygen atoms in total. The van der Waals surface area contributed by atoms with Crippen LogP contribution in [0.3, 0.4) is 0 Å². The summed E-state index contributed by atoms with van der Waals surface area (Å²) in [4.78, 5) is 7.39. The molecule has 2 aliphatic rings. The Bertz CT molecular complexity index is 978. The van der Waals surface area contributed by atoms with Gasteiger partial charge in [0.25, 0.3) is 0 Å². The second-order valence-electron chi connectivity index (χ2n) is 7.86. The van der Waals surface area contributed by atoms with Crippen LogP contribution in [0.4, 0.5) is 11.4 Å². The Kier molecular flexibility index (Phi) is 4.92. The minimum atomic E-state index is 0.454. The predicted octanol–water partition coefficient (Wildman–Crippen LogP) is 3.49. The third-order valence-corrected chi connectivity index (χ3v) is 5.97. The van der Waals surface area contributed by atoms with Gasteiger partial charge in [-0.3, -0.25) is 10.3 Å². The maximum Gasteiger partial charge on any atom is 0.205 e. The van der Waals surface area contributed by atoms with E-state index in [2.05, 4.69) is 90.4 Å². The van der Waals surface area contributed by atoms with Gasteiger partial charge in [0.05, 0.1) is 17.1 Å². The Morgan fingerprint density at radius 1 is 0.897 bits per heavy atom. The molecule has 2 unspecified atom stereocenters. The highest BCUT2D eigenvalue weighted by atomic mass is 15.5. The van der Waals surface area contributed by atoms with E-state index in [9.17, 15) is 0 Å². The summed E-state index contributed by atoms with van der Waals surface area (Å²) in [5.41, 5.74) is 10.4. The van der Waals surface area contributed by atoms with Gasteiger partial charge in [-0.25, -0.2) is 4.99 Å². The average Bonchev–Trinajstić information content (AvgIpc) is 3.03. The van der Waals surface area contributed by atoms with E-state index < -0.39 is 0 Å². The lowest BCUT2D eigenvalue weighted by Crippen LogP contribution is -2.36. The van der Waals surface area contributed by atoms with E-state index in [1.54, 1.807) is 0 Å². The Hall–Kier alpha value is -2.89. The summed E-state index contributed by atoms with van der Waals surface area (Å²) in [6, 6.07) is 27.9. The summed E-state index contributed by atoms with van der Waals surface area (Å²) in [6.07, 6.45) is 1.12. The summed E-state index contributed by atoms with van der Waals surface area (Å²) in [7, 11) is 2.12. The number of para-hydroxylation sites is 1. The maximum absolute atomic E-state index is 5.19. The highest BCUT2D eigenvalue weighted by Gasteiger charge is 2.35. The van der Waals surface area contributed by atoms with Gasteiger partial charge in [-0.05, 0) is 18.1 Å². The third-order valence-electron chi connectivity index (χ3n) is 5.97. The molecule has 2 atom stereocenters. The molecule has 2 N–H and O–H groups in total. The van der Waals surface area contributed by atoms with Crippen molar-refractivity contribution in [1.82, 2.24) is 10.3 Å². The summed E-state index contributed by atoms with van der Waals surface area (Å²) >= 11 is 0. The van der Waals surface area contributed by atoms with E-state index >= 15 is 0 Å². The molecule has 0 saturated carbocycles. The van der Waals surface area contributed by atoms with E-state index in [1.807, 2.05) is 12.1 Å². The molecule has 3 aromatic rings. The molecule has 29 heavy (non-hydrogen) atoms. The molecule has 5 heteroatoms. The number of nitrogens with one attached hydrogen (secondary N) is 2. The normalized spacial score (nSPS) is 20.8. The van der Waals surface area contributed by atoms with Crippen molar-refractivity contribution in [3.05, 3.63) is 95.6 Å². The molecule has 3 aromatic carbocycles. The highest BCUT2D eigenvalue weighted by Crippen LogP contribution is 2.43. The van der Waals surface area contributed by atoms with Crippen LogP contribution < -0.4 is 10.7 Å². The SMILES string of the molecule is BN1CCC2Nc3c(N=C(c4ccccc4)c4ccccc4)cccc3C2CN1. The molecule has 1 saturated heterocycles. The minimum absolute atomic E-state index is 0.454. The minimum Gasteiger partial charge on any atom is -0.380 e. The topological polar surface area (TPSA) is 39.7 Å². The van der Waals surface area contributed by atoms with Crippen LogP contribution in [0, 0.1) is 0 Å². The number of rotatable bonds is 3. The van der Waals surface area contributed by atoms with Crippen LogP contribution in [-0.4, -0.2) is 37.7 Å². The number of nitrogens with zero attached hydrogens (tertiary/aromatic N) is 2. The quantitative estimate of drug-likeness (QED) is 0.540. The van der Waals surface area contributed by atoms with Crippen LogP contribution in [0.15, 0.2) is 83.9 Å². The van der Waals surface area contributed by atoms with Gasteiger partial charge in [0, 0.05) is 36.2 Å². The van der Waals surface area contributed by atoms with E-state index in [4.69, 9.17) is 4.99 Å². The standard InChI is InChI=1S/C24H25BN4/c25-29-15-14-21-20(16-26-29)19-12-7-13-22(24(19)27-21)28-23(17-8-3-1-4-9-17)18-10-5-2-6-11-18/h1-13,20-21,26-27H,14-16,25H2. The second kappa shape index (κ2) is 7.86. The van der Waals surface area contributed by atoms with Crippen LogP contribution in [0.5, 0.6) is 0 Å². The van der Waals surface area contributed by atoms with Gasteiger partial charge in [0.1, 0.15) is 0 Å². The van der Waals surface area contributed by atoms with Crippen molar-refractivity contribution in [2.24, 2.45) is 4.99 Å². The molecule has 0 radical (unpaired) electrons. The molecular weight excluding hydrogens is 355 g/mol. The number of benzene rings is 3. The first-order chi connectivity index (χ1) is 14.3. The zero-order valence-corrected chi connectivity index (χ0v) is 16.7. The second-order valence-corrected chi connectivity index (χ2v) is 7.86. The van der Waals surface area contributed by atoms with Gasteiger partial charge in [0.2, 0.25) is 7.98 Å². The Labute approximate surface area is 173 Å². The number of hydrazine groups is 1. The highest BCUT2D eigenvalue weighted by molar-refractivity contribution is 6.14. The number of hydrogen-bond acceptors (Lipinski definition) is 4. The van der Waals surface area contributed by atoms with Gasteiger partial charge in [-0.2, -0.15) is 0 Å². The van der Waals surface area contributed by atoms with E-state index in [1.165, 1.54) is 11.3 Å². The summed E-state index contributed by atoms with van der Waals surface area (Å²) < 4.78 is 0. The molecule has 1 fully saturated rings. The molecule has 5 rings (SSSR count). The van der Waals surface area contributed by atoms with E-state index in [0.717, 1.165) is 42.0 Å². The molecule has 0 aromatic heterocycles. The fourth-order valence-corrected chi connectivity index (χ4v) is 4.42. The van der Waals surface area contributed by atoms with E-state index in [0.29, 0.717) is 12.0 Å². The lowest BCUT2D eigenvalue weighted by molar-refractivity contribution is 0.356. The van der Waals surface area contributed by atoms with Gasteiger partial charge in [-0.15, -0.1) is 0 Å². The Morgan fingerprint density at radius 2 is 1.59 bits per heavy atom. The van der Waals surface area contributed by atoms with Gasteiger partial charge >= 0.3 is 0 Å². The first kappa shape index (κ1) is 18.2. The fraction of sp³-hybridized carbons (Fsp3) is 0.208. The smallest absolute Gasteiger partial charge is 0.205 e. The molecule has 0 spiro atoms. The third kappa shape index (κ3) is 3.59. The van der Waals surface area contributed by atoms with Crippen LogP contribution >= 0.6 is 0 Å². The molecule has 0 bridgehead atoms. The van der Waals surface area contributed by atoms with Crippen molar-refractivity contribution in [2.75, 3.05) is 18.4 Å². The van der Waals surface area contributed by atoms with Crippen molar-refractivity contribution in [3.8, 4) is 0 Å². The fourth-order valence-electron chi connectivity index (χ4n) is 4.42. The molecule has 144 valence electrons. The molecule has 0 aliphatic carbocycles. The average molecular weight is 380 g/mol. The predicted molar refractivity (Wildman–Crippen MR) is 123 cm³/mol. The van der Waals surface area contributed by atoms with Crippen molar-refractivity contribution >= 4 is 25.1 Å². The lowest BCUT2D eigenvalue weighted by Gasteiger charge is -2.16. The molecule has 2 aliphatic heterocycles. The number of anilines is 1. The van der Waals surface area contributed by atoms with Crippen molar-refractivity contribution < 1.29 is 0 Å². The van der Waals surface area contributed by atoms with Crippen molar-refractivity contribution in [2.45, 2.75) is 18.4 Å². The number of aliphatic imine (C=N–C) groups is 1. The first-order valence-corrected chi connectivity index (χ1v) is 10.3. The Balaban J connectivity index is 1.59. The summed E-state index contributed by atoms with van der Waals surface area (Å²) in [5, 5.41) is 3.80. The van der Waals surface area contributed by atoms with Crippen molar-refractivity contribution in [1.29, 1.82) is 0 Å². The molecule has 2 heterocycles. The number of hydrogen-bond donors (Lipinski definition) is 2. The van der Waals surface area contributed by atoms with Crippen LogP contribution in [0.1, 0.15) is 29.0 Å². The number of fused-ring (bicyclic) bond motifs is 3. The monoisotopic (exact) mass is 380 g/mol.